The maximum Gasteiger partial charge on any atom is 0.323 e. The fourth-order valence-corrected chi connectivity index (χ4v) is 1.41. The topological polar surface area (TPSA) is 97.4 Å². The normalized spacial score (nSPS) is 12.3. The van der Waals surface area contributed by atoms with Crippen LogP contribution in [0.25, 0.3) is 0 Å². The quantitative estimate of drug-likeness (QED) is 0.634. The second kappa shape index (κ2) is 4.65. The third kappa shape index (κ3) is 2.93. The lowest BCUT2D eigenvalue weighted by molar-refractivity contribution is -0.391. The first-order chi connectivity index (χ1) is 8.47. The Labute approximate surface area is 111 Å². The molecule has 0 aliphatic rings. The molecule has 19 heavy (non-hydrogen) atoms. The van der Waals surface area contributed by atoms with Gasteiger partial charge in [-0.3, -0.25) is 4.79 Å². The molecule has 1 aromatic rings. The van der Waals surface area contributed by atoms with Crippen LogP contribution in [-0.2, 0) is 7.05 Å². The highest BCUT2D eigenvalue weighted by molar-refractivity contribution is 5.93. The van der Waals surface area contributed by atoms with Gasteiger partial charge in [-0.25, -0.2) is 4.57 Å². The number of nitro groups is 1. The molecule has 0 aliphatic heterocycles. The van der Waals surface area contributed by atoms with Gasteiger partial charge in [0.1, 0.15) is 0 Å². The van der Waals surface area contributed by atoms with Crippen LogP contribution in [0.1, 0.15) is 38.2 Å². The largest absolute Gasteiger partial charge is 0.388 e. The fourth-order valence-electron chi connectivity index (χ4n) is 1.41. The summed E-state index contributed by atoms with van der Waals surface area (Å²) in [6, 6.07) is 2.65. The van der Waals surface area contributed by atoms with Crippen molar-refractivity contribution in [1.29, 1.82) is 0 Å². The number of rotatable bonds is 4. The van der Waals surface area contributed by atoms with E-state index in [0.717, 1.165) is 0 Å². The van der Waals surface area contributed by atoms with Gasteiger partial charge in [0.2, 0.25) is 0 Å². The molecule has 0 radical (unpaired) electrons. The summed E-state index contributed by atoms with van der Waals surface area (Å²) in [6.45, 7) is 6.53. The van der Waals surface area contributed by atoms with Crippen LogP contribution in [-0.4, -0.2) is 31.6 Å². The van der Waals surface area contributed by atoms with E-state index in [2.05, 4.69) is 5.32 Å². The molecule has 1 aromatic heterocycles. The minimum atomic E-state index is -1.13. The molecular formula is C12H19N3O4. The van der Waals surface area contributed by atoms with Gasteiger partial charge in [0, 0.05) is 6.07 Å². The van der Waals surface area contributed by atoms with Gasteiger partial charge < -0.3 is 20.5 Å². The first kappa shape index (κ1) is 15.2. The Bertz CT molecular complexity index is 512. The first-order valence-electron chi connectivity index (χ1n) is 5.82. The molecular weight excluding hydrogens is 250 g/mol. The molecule has 7 heteroatoms. The zero-order valence-corrected chi connectivity index (χ0v) is 11.7. The molecule has 0 spiro atoms. The van der Waals surface area contributed by atoms with E-state index in [4.69, 9.17) is 0 Å². The molecule has 106 valence electrons. The van der Waals surface area contributed by atoms with Gasteiger partial charge in [-0.1, -0.05) is 0 Å². The van der Waals surface area contributed by atoms with Crippen molar-refractivity contribution in [3.05, 3.63) is 27.9 Å². The molecule has 0 bridgehead atoms. The van der Waals surface area contributed by atoms with Crippen LogP contribution in [0.2, 0.25) is 0 Å². The Hall–Kier alpha value is -1.89. The number of nitrogens with zero attached hydrogens (tertiary/aromatic N) is 2. The monoisotopic (exact) mass is 269 g/mol. The summed E-state index contributed by atoms with van der Waals surface area (Å²) in [7, 11) is 1.45. The van der Waals surface area contributed by atoms with Crippen LogP contribution in [0.4, 0.5) is 5.82 Å². The number of aromatic nitrogens is 1. The molecule has 0 aliphatic carbocycles. The summed E-state index contributed by atoms with van der Waals surface area (Å²) < 4.78 is 1.20. The second-order valence-electron chi connectivity index (χ2n) is 5.53. The van der Waals surface area contributed by atoms with Crippen LogP contribution < -0.4 is 5.32 Å². The van der Waals surface area contributed by atoms with Crippen molar-refractivity contribution in [2.45, 2.75) is 38.8 Å². The number of carbonyl (C=O) groups is 1. The number of carbonyl (C=O) groups excluding carboxylic acids is 1. The predicted octanol–water partition coefficient (Wildman–Crippen LogP) is 1.21. The summed E-state index contributed by atoms with van der Waals surface area (Å²) in [5.74, 6) is -0.631. The second-order valence-corrected chi connectivity index (χ2v) is 5.53. The average Bonchev–Trinajstić information content (AvgIpc) is 2.57. The molecule has 1 amide bonds. The third-order valence-corrected chi connectivity index (χ3v) is 3.47. The predicted molar refractivity (Wildman–Crippen MR) is 69.9 cm³/mol. The molecule has 0 saturated heterocycles. The van der Waals surface area contributed by atoms with Crippen molar-refractivity contribution in [1.82, 2.24) is 9.88 Å². The van der Waals surface area contributed by atoms with Crippen LogP contribution >= 0.6 is 0 Å². The summed E-state index contributed by atoms with van der Waals surface area (Å²) >= 11 is 0. The highest BCUT2D eigenvalue weighted by Gasteiger charge is 2.37. The number of nitrogens with one attached hydrogen (secondary N) is 1. The lowest BCUT2D eigenvalue weighted by Gasteiger charge is -2.37. The smallest absolute Gasteiger partial charge is 0.323 e. The highest BCUT2D eigenvalue weighted by atomic mass is 16.6. The van der Waals surface area contributed by atoms with Gasteiger partial charge in [0.25, 0.3) is 5.91 Å². The van der Waals surface area contributed by atoms with E-state index in [1.54, 1.807) is 27.7 Å². The molecule has 0 aromatic carbocycles. The summed E-state index contributed by atoms with van der Waals surface area (Å²) in [5.41, 5.74) is -1.83. The van der Waals surface area contributed by atoms with Crippen molar-refractivity contribution < 1.29 is 14.8 Å². The minimum Gasteiger partial charge on any atom is -0.388 e. The summed E-state index contributed by atoms with van der Waals surface area (Å²) in [4.78, 5) is 22.3. The molecule has 7 nitrogen and oxygen atoms in total. The number of aliphatic hydroxyl groups is 1. The van der Waals surface area contributed by atoms with E-state index in [0.29, 0.717) is 0 Å². The van der Waals surface area contributed by atoms with E-state index < -0.39 is 22.0 Å². The van der Waals surface area contributed by atoms with E-state index in [-0.39, 0.29) is 11.5 Å². The highest BCUT2D eigenvalue weighted by Crippen LogP contribution is 2.22. The molecule has 0 unspecified atom stereocenters. The zero-order chi connectivity index (χ0) is 15.0. The lowest BCUT2D eigenvalue weighted by atomic mass is 9.86. The van der Waals surface area contributed by atoms with E-state index in [1.165, 1.54) is 23.7 Å². The molecule has 0 fully saturated rings. The molecule has 0 atom stereocenters. The Balaban J connectivity index is 3.01. The Morgan fingerprint density at radius 2 is 1.89 bits per heavy atom. The van der Waals surface area contributed by atoms with Crippen molar-refractivity contribution in [3.8, 4) is 0 Å². The minimum absolute atomic E-state index is 0.161. The number of hydrogen-bond acceptors (Lipinski definition) is 4. The standard InChI is InChI=1S/C12H19N3O4/c1-11(2,12(3,4)17)13-10(16)8-6-7-9(14(8)5)15(18)19/h6-7,17H,1-5H3,(H,13,16). The van der Waals surface area contributed by atoms with Crippen molar-refractivity contribution in [2.24, 2.45) is 7.05 Å². The Morgan fingerprint density at radius 3 is 2.26 bits per heavy atom. The molecule has 1 rings (SSSR count). The zero-order valence-electron chi connectivity index (χ0n) is 11.7. The van der Waals surface area contributed by atoms with Crippen molar-refractivity contribution in [2.75, 3.05) is 0 Å². The van der Waals surface area contributed by atoms with E-state index in [1.807, 2.05) is 0 Å². The Morgan fingerprint density at radius 1 is 1.37 bits per heavy atom. The van der Waals surface area contributed by atoms with E-state index >= 15 is 0 Å². The van der Waals surface area contributed by atoms with Crippen LogP contribution in [0.5, 0.6) is 0 Å². The van der Waals surface area contributed by atoms with Crippen molar-refractivity contribution in [3.63, 3.8) is 0 Å². The maximum absolute atomic E-state index is 12.1. The average molecular weight is 269 g/mol. The van der Waals surface area contributed by atoms with Gasteiger partial charge in [-0.2, -0.15) is 0 Å². The van der Waals surface area contributed by atoms with Gasteiger partial charge in [-0.15, -0.1) is 0 Å². The van der Waals surface area contributed by atoms with Crippen LogP contribution in [0.15, 0.2) is 12.1 Å². The number of hydrogen-bond donors (Lipinski definition) is 2. The Kier molecular flexibility index (Phi) is 3.72. The molecule has 0 saturated carbocycles. The van der Waals surface area contributed by atoms with Gasteiger partial charge in [-0.05, 0) is 38.7 Å². The third-order valence-electron chi connectivity index (χ3n) is 3.47. The fraction of sp³-hybridized carbons (Fsp3) is 0.583. The first-order valence-corrected chi connectivity index (χ1v) is 5.82. The molecule has 1 heterocycles. The summed E-state index contributed by atoms with van der Waals surface area (Å²) in [5, 5.41) is 23.4. The lowest BCUT2D eigenvalue weighted by Crippen LogP contribution is -2.57. The van der Waals surface area contributed by atoms with Gasteiger partial charge in [0.05, 0.1) is 18.2 Å². The number of amides is 1. The maximum atomic E-state index is 12.1. The van der Waals surface area contributed by atoms with Crippen molar-refractivity contribution >= 4 is 11.7 Å². The van der Waals surface area contributed by atoms with Gasteiger partial charge in [0.15, 0.2) is 5.69 Å². The van der Waals surface area contributed by atoms with E-state index in [9.17, 15) is 20.0 Å². The molecule has 2 N–H and O–H groups in total. The van der Waals surface area contributed by atoms with Crippen LogP contribution in [0, 0.1) is 10.1 Å². The SMILES string of the molecule is Cn1c(C(=O)NC(C)(C)C(C)(C)O)ccc1[N+](=O)[O-]. The van der Waals surface area contributed by atoms with Crippen LogP contribution in [0.3, 0.4) is 0 Å². The summed E-state index contributed by atoms with van der Waals surface area (Å²) in [6.07, 6.45) is 0. The van der Waals surface area contributed by atoms with Gasteiger partial charge >= 0.3 is 5.82 Å².